The highest BCUT2D eigenvalue weighted by Crippen LogP contribution is 2.54. The second-order valence-corrected chi connectivity index (χ2v) is 31.5. The molecule has 15 heteroatoms. The zero-order valence-electron chi connectivity index (χ0n) is 43.8. The van der Waals surface area contributed by atoms with Gasteiger partial charge in [-0.15, -0.1) is 0 Å². The summed E-state index contributed by atoms with van der Waals surface area (Å²) in [5.74, 6) is 0.0149. The van der Waals surface area contributed by atoms with Gasteiger partial charge in [-0.1, -0.05) is 108 Å². The summed E-state index contributed by atoms with van der Waals surface area (Å²) in [4.78, 5) is 14.6. The smallest absolute Gasteiger partial charge is 0.297 e. The fourth-order valence-corrected chi connectivity index (χ4v) is 14.8. The van der Waals surface area contributed by atoms with Crippen LogP contribution in [-0.2, 0) is 56.7 Å². The number of ether oxygens (including phenoxy) is 7. The van der Waals surface area contributed by atoms with Gasteiger partial charge < -0.3 is 37.6 Å². The zero-order chi connectivity index (χ0) is 50.5. The molecular formula is C55H85BrO12SSi. The summed E-state index contributed by atoms with van der Waals surface area (Å²) in [7, 11) is -5.96. The van der Waals surface area contributed by atoms with Crippen LogP contribution in [0, 0.1) is 30.6 Å². The molecule has 4 unspecified atom stereocenters. The minimum atomic E-state index is -4.05. The maximum Gasteiger partial charge on any atom is 0.297 e. The Hall–Kier alpha value is -1.34. The number of benzene rings is 1. The Kier molecular flexibility index (Phi) is 17.3. The van der Waals surface area contributed by atoms with Crippen LogP contribution in [0.1, 0.15) is 144 Å². The van der Waals surface area contributed by atoms with Crippen LogP contribution in [0.5, 0.6) is 0 Å². The molecule has 6 bridgehead atoms. The number of hydrogen-bond acceptors (Lipinski definition) is 12. The van der Waals surface area contributed by atoms with Crippen LogP contribution in [0.3, 0.4) is 0 Å². The monoisotopic (exact) mass is 1080 g/mol. The van der Waals surface area contributed by atoms with Crippen LogP contribution in [-0.4, -0.2) is 114 Å². The summed E-state index contributed by atoms with van der Waals surface area (Å²) in [6.07, 6.45) is 6.11. The van der Waals surface area contributed by atoms with Gasteiger partial charge in [0.05, 0.1) is 53.7 Å². The van der Waals surface area contributed by atoms with Gasteiger partial charge in [-0.2, -0.15) is 8.42 Å². The van der Waals surface area contributed by atoms with Crippen LogP contribution < -0.4 is 0 Å². The highest BCUT2D eigenvalue weighted by atomic mass is 79.9. The second kappa shape index (κ2) is 22.1. The Morgan fingerprint density at radius 1 is 0.929 bits per heavy atom. The van der Waals surface area contributed by atoms with Crippen molar-refractivity contribution in [1.82, 2.24) is 0 Å². The molecule has 9 rings (SSSR count). The van der Waals surface area contributed by atoms with E-state index < -0.39 is 42.5 Å². The SMILES string of the molecule is C=C(Br)C[C@@H](CC[C@@]12CC3OC4[C@@H](O1)C1O[C@@H](CC(=O)C[C@H]5C(C[C@H]6O[C@@H](CCCC)C[C@@H](C)C6=C)O[C@H](C[C@H](C)CO[Si](C)(C)C(C)(C)C)[C@@H]5C)CC[C@@H]1O[C@H]4[C@H]3O2)OS(=O)(=O)c1ccc(C)cc1. The Morgan fingerprint density at radius 2 is 1.63 bits per heavy atom. The summed E-state index contributed by atoms with van der Waals surface area (Å²) in [6, 6.07) is 6.64. The predicted octanol–water partition coefficient (Wildman–Crippen LogP) is 11.5. The molecule has 0 aliphatic carbocycles. The van der Waals surface area contributed by atoms with Gasteiger partial charge in [0.2, 0.25) is 0 Å². The summed E-state index contributed by atoms with van der Waals surface area (Å²) < 4.78 is 88.1. The molecule has 394 valence electrons. The maximum absolute atomic E-state index is 14.5. The van der Waals surface area contributed by atoms with Gasteiger partial charge >= 0.3 is 0 Å². The summed E-state index contributed by atoms with van der Waals surface area (Å²) in [6.45, 7) is 31.7. The van der Waals surface area contributed by atoms with Crippen LogP contribution in [0.15, 0.2) is 52.4 Å². The second-order valence-electron chi connectivity index (χ2n) is 24.0. The molecule has 0 N–H and O–H groups in total. The maximum atomic E-state index is 14.5. The number of unbranched alkanes of at least 4 members (excludes halogenated alkanes) is 1. The minimum Gasteiger partial charge on any atom is -0.417 e. The van der Waals surface area contributed by atoms with Crippen molar-refractivity contribution in [3.63, 3.8) is 0 Å². The fourth-order valence-electron chi connectivity index (χ4n) is 12.2. The molecule has 8 aliphatic heterocycles. The molecule has 1 aromatic carbocycles. The molecule has 8 aliphatic rings. The van der Waals surface area contributed by atoms with Gasteiger partial charge in [0.1, 0.15) is 36.3 Å². The van der Waals surface area contributed by atoms with Crippen LogP contribution in [0.25, 0.3) is 0 Å². The number of carbonyl (C=O) groups is 1. The third-order valence-corrected chi connectivity index (χ3v) is 23.6. The standard InChI is InChI=1S/C55H85BrO12SSi/c1-13-14-15-39-25-34(4)36(6)46(61-39)29-47-43(37(7)45(63-47)24-33(3)31-60-70(11,12)54(8,9)10)28-38(57)27-40-18-21-44-49(62-40)53-52-51(64-44)50-48(65-52)30-55(66-50,67-53)23-22-41(26-35(5)56)68-69(58,59)42-19-16-32(2)17-20-42/h16-17,19-20,33-34,37,39-41,43-53H,5-6,13-15,18,21-31H2,1-4,7-12H3/t33-,34+,37+,39-,40+,41+,43+,44-,45+,46+,47?,48?,49?,50-,51-,52?,53-,55-/m0/s1. The third-order valence-electron chi connectivity index (χ3n) is 17.4. The summed E-state index contributed by atoms with van der Waals surface area (Å²) in [5, 5.41) is 0.137. The summed E-state index contributed by atoms with van der Waals surface area (Å²) >= 11 is 3.44. The lowest BCUT2D eigenvalue weighted by atomic mass is 9.78. The molecular weight excluding hydrogens is 993 g/mol. The number of carbonyl (C=O) groups excluding carboxylic acids is 1. The van der Waals surface area contributed by atoms with Crippen molar-refractivity contribution in [2.75, 3.05) is 6.61 Å². The summed E-state index contributed by atoms with van der Waals surface area (Å²) in [5.41, 5.74) is 2.10. The Bertz CT molecular complexity index is 2110. The molecule has 1 aromatic rings. The van der Waals surface area contributed by atoms with Crippen LogP contribution in [0.4, 0.5) is 0 Å². The highest BCUT2D eigenvalue weighted by Gasteiger charge is 2.68. The van der Waals surface area contributed by atoms with Crippen molar-refractivity contribution >= 4 is 40.1 Å². The molecule has 70 heavy (non-hydrogen) atoms. The van der Waals surface area contributed by atoms with Crippen LogP contribution in [0.2, 0.25) is 18.1 Å². The van der Waals surface area contributed by atoms with E-state index in [1.165, 1.54) is 0 Å². The minimum absolute atomic E-state index is 0.00569. The first-order chi connectivity index (χ1) is 32.9. The van der Waals surface area contributed by atoms with E-state index in [-0.39, 0.29) is 95.0 Å². The molecule has 0 amide bonds. The van der Waals surface area contributed by atoms with E-state index in [4.69, 9.17) is 41.8 Å². The number of hydrogen-bond donors (Lipinski definition) is 0. The number of ketones is 1. The van der Waals surface area contributed by atoms with Gasteiger partial charge in [0, 0.05) is 45.1 Å². The zero-order valence-corrected chi connectivity index (χ0v) is 47.2. The quantitative estimate of drug-likeness (QED) is 0.0621. The molecule has 12 nitrogen and oxygen atoms in total. The van der Waals surface area contributed by atoms with Crippen LogP contribution >= 0.6 is 15.9 Å². The van der Waals surface area contributed by atoms with E-state index >= 15 is 0 Å². The van der Waals surface area contributed by atoms with Crippen molar-refractivity contribution < 1.29 is 55.0 Å². The number of Topliss-reactive ketones (excluding diaryl/α,β-unsaturated/α-hetero) is 1. The Morgan fingerprint density at radius 3 is 2.33 bits per heavy atom. The molecule has 0 saturated carbocycles. The van der Waals surface area contributed by atoms with Crippen molar-refractivity contribution in [3.05, 3.63) is 53.0 Å². The first-order valence-electron chi connectivity index (χ1n) is 26.7. The van der Waals surface area contributed by atoms with E-state index in [9.17, 15) is 13.2 Å². The number of aryl methyl sites for hydroxylation is 1. The molecule has 18 atom stereocenters. The molecule has 8 heterocycles. The lowest BCUT2D eigenvalue weighted by Gasteiger charge is -2.47. The van der Waals surface area contributed by atoms with Gasteiger partial charge in [0.15, 0.2) is 14.1 Å². The molecule has 0 radical (unpaired) electrons. The highest BCUT2D eigenvalue weighted by molar-refractivity contribution is 9.11. The van der Waals surface area contributed by atoms with E-state index in [0.29, 0.717) is 67.9 Å². The van der Waals surface area contributed by atoms with Crippen molar-refractivity contribution in [1.29, 1.82) is 0 Å². The van der Waals surface area contributed by atoms with Gasteiger partial charge in [-0.05, 0) is 109 Å². The topological polar surface area (TPSA) is 134 Å². The van der Waals surface area contributed by atoms with Crippen molar-refractivity contribution in [2.24, 2.45) is 23.7 Å². The van der Waals surface area contributed by atoms with E-state index in [2.05, 4.69) is 90.6 Å². The first kappa shape index (κ1) is 54.9. The average molecular weight is 1080 g/mol. The fraction of sp³-hybridized carbons (Fsp3) is 0.800. The molecule has 8 saturated heterocycles. The van der Waals surface area contributed by atoms with Gasteiger partial charge in [-0.25, -0.2) is 0 Å². The van der Waals surface area contributed by atoms with Crippen molar-refractivity contribution in [2.45, 2.75) is 253 Å². The normalized spacial score (nSPS) is 38.1. The Balaban J connectivity index is 0.929. The third kappa shape index (κ3) is 12.3. The number of rotatable bonds is 22. The van der Waals surface area contributed by atoms with E-state index in [1.54, 1.807) is 24.3 Å². The van der Waals surface area contributed by atoms with Crippen molar-refractivity contribution in [3.8, 4) is 0 Å². The molecule has 8 fully saturated rings. The van der Waals surface area contributed by atoms with Gasteiger partial charge in [0.25, 0.3) is 10.1 Å². The molecule has 0 aromatic heterocycles. The number of fused-ring (bicyclic) bond motifs is 1. The largest absolute Gasteiger partial charge is 0.417 e. The van der Waals surface area contributed by atoms with Gasteiger partial charge in [-0.3, -0.25) is 8.98 Å². The lowest BCUT2D eigenvalue weighted by Crippen LogP contribution is -2.61. The van der Waals surface area contributed by atoms with E-state index in [0.717, 1.165) is 49.7 Å². The number of halogens is 1. The first-order valence-corrected chi connectivity index (χ1v) is 31.9. The Labute approximate surface area is 429 Å². The average Bonchev–Trinajstić information content (AvgIpc) is 3.82. The lowest BCUT2D eigenvalue weighted by molar-refractivity contribution is -0.292. The predicted molar refractivity (Wildman–Crippen MR) is 276 cm³/mol. The molecule has 0 spiro atoms. The van der Waals surface area contributed by atoms with E-state index in [1.807, 2.05) is 6.92 Å².